The number of methoxy groups -OCH3 is 1. The lowest BCUT2D eigenvalue weighted by atomic mass is 10.1. The van der Waals surface area contributed by atoms with Gasteiger partial charge in [0.05, 0.1) is 24.6 Å². The minimum Gasteiger partial charge on any atom is -0.493 e. The summed E-state index contributed by atoms with van der Waals surface area (Å²) in [6.07, 6.45) is -1.97. The topological polar surface area (TPSA) is 118 Å². The molecule has 0 aliphatic heterocycles. The average Bonchev–Trinajstić information content (AvgIpc) is 2.81. The Kier molecular flexibility index (Phi) is 9.18. The van der Waals surface area contributed by atoms with Crippen molar-refractivity contribution in [2.45, 2.75) is 6.18 Å². The quantitative estimate of drug-likeness (QED) is 0.222. The molecule has 0 radical (unpaired) electrons. The number of rotatable bonds is 9. The van der Waals surface area contributed by atoms with Crippen LogP contribution in [0.15, 0.2) is 60.2 Å². The highest BCUT2D eigenvalue weighted by Gasteiger charge is 2.33. The van der Waals surface area contributed by atoms with Crippen LogP contribution in [0.2, 0.25) is 0 Å². The molecule has 9 nitrogen and oxygen atoms in total. The van der Waals surface area contributed by atoms with Crippen LogP contribution in [0.5, 0.6) is 11.5 Å². The summed E-state index contributed by atoms with van der Waals surface area (Å²) in [6.45, 7) is 2.96. The number of hydrogen-bond donors (Lipinski definition) is 3. The smallest absolute Gasteiger partial charge is 0.418 e. The van der Waals surface area contributed by atoms with Gasteiger partial charge in [0.25, 0.3) is 5.91 Å². The number of carbonyl (C=O) groups excluding carboxylic acids is 3. The van der Waals surface area contributed by atoms with E-state index < -0.39 is 36.1 Å². The predicted molar refractivity (Wildman–Crippen MR) is 118 cm³/mol. The van der Waals surface area contributed by atoms with Crippen LogP contribution in [0.3, 0.4) is 0 Å². The largest absolute Gasteiger partial charge is 0.493 e. The van der Waals surface area contributed by atoms with Crippen molar-refractivity contribution in [3.8, 4) is 11.5 Å². The van der Waals surface area contributed by atoms with Gasteiger partial charge in [-0.1, -0.05) is 18.2 Å². The number of nitrogens with one attached hydrogen (secondary N) is 3. The van der Waals surface area contributed by atoms with E-state index in [0.717, 1.165) is 12.1 Å². The normalized spacial score (nSPS) is 10.9. The number of carbonyl (C=O) groups is 3. The third kappa shape index (κ3) is 7.65. The van der Waals surface area contributed by atoms with Crippen LogP contribution in [0.25, 0.3) is 0 Å². The van der Waals surface area contributed by atoms with Crippen LogP contribution >= 0.6 is 0 Å². The van der Waals surface area contributed by atoms with Crippen LogP contribution in [0, 0.1) is 0 Å². The number of ether oxygens (including phenoxy) is 2. The first kappa shape index (κ1) is 25.9. The first-order chi connectivity index (χ1) is 16.2. The van der Waals surface area contributed by atoms with Crippen molar-refractivity contribution in [1.29, 1.82) is 0 Å². The van der Waals surface area contributed by atoms with Gasteiger partial charge in [0.2, 0.25) is 0 Å². The van der Waals surface area contributed by atoms with Gasteiger partial charge in [0.1, 0.15) is 0 Å². The maximum atomic E-state index is 13.1. The Morgan fingerprint density at radius 1 is 1.09 bits per heavy atom. The van der Waals surface area contributed by atoms with E-state index in [2.05, 4.69) is 22.3 Å². The summed E-state index contributed by atoms with van der Waals surface area (Å²) in [7, 11) is 1.34. The fourth-order valence-electron chi connectivity index (χ4n) is 2.51. The summed E-state index contributed by atoms with van der Waals surface area (Å²) in [6, 6.07) is 9.00. The minimum absolute atomic E-state index is 0.126. The van der Waals surface area contributed by atoms with Gasteiger partial charge in [-0.3, -0.25) is 14.4 Å². The van der Waals surface area contributed by atoms with E-state index in [9.17, 15) is 27.6 Å². The van der Waals surface area contributed by atoms with Gasteiger partial charge in [0, 0.05) is 6.54 Å². The molecule has 0 saturated heterocycles. The maximum absolute atomic E-state index is 13.1. The maximum Gasteiger partial charge on any atom is 0.418 e. The van der Waals surface area contributed by atoms with E-state index in [1.54, 1.807) is 0 Å². The fraction of sp³-hybridized carbons (Fsp3) is 0.182. The molecule has 12 heteroatoms. The van der Waals surface area contributed by atoms with Gasteiger partial charge in [-0.25, -0.2) is 5.43 Å². The molecular weight excluding hydrogens is 457 g/mol. The van der Waals surface area contributed by atoms with Crippen LogP contribution in [0.4, 0.5) is 18.9 Å². The number of halogens is 3. The second-order valence-electron chi connectivity index (χ2n) is 6.49. The summed E-state index contributed by atoms with van der Waals surface area (Å²) in [5.74, 6) is -2.31. The lowest BCUT2D eigenvalue weighted by Crippen LogP contribution is -2.37. The highest BCUT2D eigenvalue weighted by Crippen LogP contribution is 2.34. The van der Waals surface area contributed by atoms with Crippen molar-refractivity contribution in [2.24, 2.45) is 5.10 Å². The second-order valence-corrected chi connectivity index (χ2v) is 6.49. The fourth-order valence-corrected chi connectivity index (χ4v) is 2.51. The van der Waals surface area contributed by atoms with Gasteiger partial charge in [0.15, 0.2) is 18.1 Å². The van der Waals surface area contributed by atoms with Gasteiger partial charge in [-0.15, -0.1) is 6.58 Å². The number of amides is 3. The molecule has 0 aromatic heterocycles. The van der Waals surface area contributed by atoms with Crippen molar-refractivity contribution in [3.63, 3.8) is 0 Å². The van der Waals surface area contributed by atoms with E-state index in [1.807, 2.05) is 5.43 Å². The van der Waals surface area contributed by atoms with Gasteiger partial charge in [-0.05, 0) is 35.9 Å². The molecule has 2 rings (SSSR count). The molecule has 3 N–H and O–H groups in total. The number of nitrogens with zero attached hydrogens (tertiary/aromatic N) is 1. The Hall–Kier alpha value is -4.35. The molecule has 2 aromatic rings. The number of benzene rings is 2. The third-order valence-electron chi connectivity index (χ3n) is 4.05. The van der Waals surface area contributed by atoms with Crippen molar-refractivity contribution in [2.75, 3.05) is 25.6 Å². The van der Waals surface area contributed by atoms with Crippen LogP contribution in [0.1, 0.15) is 11.1 Å². The van der Waals surface area contributed by atoms with Crippen molar-refractivity contribution in [1.82, 2.24) is 10.7 Å². The zero-order chi connectivity index (χ0) is 25.1. The lowest BCUT2D eigenvalue weighted by molar-refractivity contribution is -0.139. The Labute approximate surface area is 192 Å². The molecule has 0 aliphatic rings. The van der Waals surface area contributed by atoms with E-state index in [1.165, 1.54) is 49.7 Å². The average molecular weight is 478 g/mol. The summed E-state index contributed by atoms with van der Waals surface area (Å²) < 4.78 is 49.7. The summed E-state index contributed by atoms with van der Waals surface area (Å²) in [5, 5.41) is 8.12. The molecule has 2 aromatic carbocycles. The van der Waals surface area contributed by atoms with E-state index in [4.69, 9.17) is 9.47 Å². The van der Waals surface area contributed by atoms with Crippen LogP contribution < -0.4 is 25.5 Å². The third-order valence-corrected chi connectivity index (χ3v) is 4.05. The van der Waals surface area contributed by atoms with Crippen molar-refractivity contribution < 1.29 is 37.0 Å². The van der Waals surface area contributed by atoms with E-state index >= 15 is 0 Å². The minimum atomic E-state index is -4.62. The molecule has 0 aliphatic carbocycles. The summed E-state index contributed by atoms with van der Waals surface area (Å²) in [5.41, 5.74) is 1.14. The summed E-state index contributed by atoms with van der Waals surface area (Å²) >= 11 is 0. The first-order valence-electron chi connectivity index (χ1n) is 9.64. The Balaban J connectivity index is 1.97. The zero-order valence-electron chi connectivity index (χ0n) is 17.9. The number of anilines is 1. The van der Waals surface area contributed by atoms with Crippen molar-refractivity contribution >= 4 is 29.6 Å². The number of para-hydroxylation sites is 1. The lowest BCUT2D eigenvalue weighted by Gasteiger charge is -2.14. The van der Waals surface area contributed by atoms with Gasteiger partial charge < -0.3 is 20.1 Å². The number of alkyl halides is 3. The molecule has 0 bridgehead atoms. The van der Waals surface area contributed by atoms with Crippen LogP contribution in [-0.4, -0.2) is 44.2 Å². The molecule has 0 heterocycles. The molecule has 34 heavy (non-hydrogen) atoms. The SMILES string of the molecule is C=CCNC(=O)C(=O)N/N=C\c1ccc(OCC(=O)Nc2ccccc2C(F)(F)F)c(OC)c1. The van der Waals surface area contributed by atoms with Crippen molar-refractivity contribution in [3.05, 3.63) is 66.2 Å². The molecule has 0 fully saturated rings. The summed E-state index contributed by atoms with van der Waals surface area (Å²) in [4.78, 5) is 35.1. The highest BCUT2D eigenvalue weighted by molar-refractivity contribution is 6.35. The molecule has 180 valence electrons. The zero-order valence-corrected chi connectivity index (χ0v) is 17.9. The monoisotopic (exact) mass is 478 g/mol. The Bertz CT molecular complexity index is 1090. The molecule has 0 unspecified atom stereocenters. The van der Waals surface area contributed by atoms with E-state index in [-0.39, 0.29) is 23.7 Å². The van der Waals surface area contributed by atoms with Crippen LogP contribution in [-0.2, 0) is 20.6 Å². The Morgan fingerprint density at radius 2 is 1.82 bits per heavy atom. The Morgan fingerprint density at radius 3 is 2.50 bits per heavy atom. The van der Waals surface area contributed by atoms with Gasteiger partial charge in [-0.2, -0.15) is 18.3 Å². The molecular formula is C22H21F3N4O5. The highest BCUT2D eigenvalue weighted by atomic mass is 19.4. The first-order valence-corrected chi connectivity index (χ1v) is 9.64. The molecule has 3 amide bonds. The number of hydrogen-bond acceptors (Lipinski definition) is 6. The second kappa shape index (κ2) is 12.0. The molecule has 0 spiro atoms. The predicted octanol–water partition coefficient (Wildman–Crippen LogP) is 2.48. The van der Waals surface area contributed by atoms with E-state index in [0.29, 0.717) is 5.56 Å². The molecule has 0 atom stereocenters. The van der Waals surface area contributed by atoms with Gasteiger partial charge >= 0.3 is 18.0 Å². The molecule has 0 saturated carbocycles. The standard InChI is InChI=1S/C22H21F3N4O5/c1-3-10-26-20(31)21(32)29-27-12-14-8-9-17(18(11-14)33-2)34-13-19(30)28-16-7-5-4-6-15(16)22(23,24)25/h3-9,11-12H,1,10,13H2,2H3,(H,26,31)(H,28,30)(H,29,32)/b27-12-. The number of hydrazone groups is 1.